The minimum absolute atomic E-state index is 0. The molecule has 0 atom stereocenters. The summed E-state index contributed by atoms with van der Waals surface area (Å²) in [4.78, 5) is 0.0514. The van der Waals surface area contributed by atoms with Crippen LogP contribution in [-0.2, 0) is 16.4 Å². The molecule has 24 heavy (non-hydrogen) atoms. The first-order valence-electron chi connectivity index (χ1n) is 7.53. The van der Waals surface area contributed by atoms with E-state index in [1.165, 1.54) is 28.6 Å². The minimum Gasteiger partial charge on any atom is -0.319 e. The molecule has 0 spiro atoms. The van der Waals surface area contributed by atoms with Gasteiger partial charge < -0.3 is 5.32 Å². The maximum Gasteiger partial charge on any atom is 0.393 e. The third-order valence-corrected chi connectivity index (χ3v) is 5.94. The van der Waals surface area contributed by atoms with E-state index in [0.29, 0.717) is 19.0 Å². The molecule has 138 valence electrons. The fraction of sp³-hybridized carbons (Fsp3) is 0.600. The highest BCUT2D eigenvalue weighted by Gasteiger charge is 2.30. The summed E-state index contributed by atoms with van der Waals surface area (Å²) in [5, 5.41) is 3.09. The highest BCUT2D eigenvalue weighted by molar-refractivity contribution is 7.89. The molecule has 4 nitrogen and oxygen atoms in total. The van der Waals surface area contributed by atoms with Crippen molar-refractivity contribution in [2.24, 2.45) is 5.92 Å². The topological polar surface area (TPSA) is 49.4 Å². The number of alkyl halides is 3. The average Bonchev–Trinajstić information content (AvgIpc) is 2.47. The van der Waals surface area contributed by atoms with Crippen molar-refractivity contribution in [3.05, 3.63) is 29.8 Å². The Balaban J connectivity index is 0.00000288. The molecular formula is C15H22ClF3N2O2S. The van der Waals surface area contributed by atoms with E-state index in [9.17, 15) is 21.6 Å². The molecule has 0 radical (unpaired) electrons. The van der Waals surface area contributed by atoms with E-state index in [2.05, 4.69) is 5.32 Å². The van der Waals surface area contributed by atoms with Crippen LogP contribution in [0, 0.1) is 5.92 Å². The predicted molar refractivity (Wildman–Crippen MR) is 88.9 cm³/mol. The normalized spacial score (nSPS) is 17.5. The summed E-state index contributed by atoms with van der Waals surface area (Å²) in [5.74, 6) is 0.459. The van der Waals surface area contributed by atoms with E-state index in [4.69, 9.17) is 0 Å². The van der Waals surface area contributed by atoms with Crippen molar-refractivity contribution >= 4 is 22.4 Å². The summed E-state index contributed by atoms with van der Waals surface area (Å²) in [6.07, 6.45) is -3.78. The van der Waals surface area contributed by atoms with Gasteiger partial charge in [0.2, 0.25) is 10.0 Å². The SMILES string of the molecule is CNCC1CCN(S(=O)(=O)c2ccc(CC(F)(F)F)cc2)CC1.Cl. The molecule has 1 aromatic rings. The number of hydrogen-bond acceptors (Lipinski definition) is 3. The molecule has 1 heterocycles. The van der Waals surface area contributed by atoms with Crippen molar-refractivity contribution in [2.75, 3.05) is 26.7 Å². The van der Waals surface area contributed by atoms with Crippen LogP contribution in [0.1, 0.15) is 18.4 Å². The number of hydrogen-bond donors (Lipinski definition) is 1. The van der Waals surface area contributed by atoms with Crippen molar-refractivity contribution in [3.8, 4) is 0 Å². The lowest BCUT2D eigenvalue weighted by molar-refractivity contribution is -0.127. The van der Waals surface area contributed by atoms with Gasteiger partial charge in [-0.15, -0.1) is 12.4 Å². The van der Waals surface area contributed by atoms with Crippen molar-refractivity contribution in [1.82, 2.24) is 9.62 Å². The Morgan fingerprint density at radius 2 is 1.71 bits per heavy atom. The zero-order chi connectivity index (χ0) is 17.1. The molecule has 1 fully saturated rings. The lowest BCUT2D eigenvalue weighted by Gasteiger charge is -2.31. The van der Waals surface area contributed by atoms with Gasteiger partial charge in [-0.05, 0) is 50.0 Å². The maximum absolute atomic E-state index is 12.5. The summed E-state index contributed by atoms with van der Waals surface area (Å²) < 4.78 is 63.5. The molecule has 0 aliphatic carbocycles. The fourth-order valence-corrected chi connectivity index (χ4v) is 4.27. The van der Waals surface area contributed by atoms with E-state index >= 15 is 0 Å². The van der Waals surface area contributed by atoms with Crippen LogP contribution in [0.25, 0.3) is 0 Å². The van der Waals surface area contributed by atoms with Gasteiger partial charge in [0.25, 0.3) is 0 Å². The van der Waals surface area contributed by atoms with Gasteiger partial charge in [-0.25, -0.2) is 8.42 Å². The Morgan fingerprint density at radius 1 is 1.17 bits per heavy atom. The van der Waals surface area contributed by atoms with E-state index in [0.717, 1.165) is 19.4 Å². The first-order chi connectivity index (χ1) is 10.7. The number of halogens is 4. The monoisotopic (exact) mass is 386 g/mol. The second-order valence-corrected chi connectivity index (χ2v) is 7.78. The minimum atomic E-state index is -4.30. The maximum atomic E-state index is 12.5. The van der Waals surface area contributed by atoms with Crippen LogP contribution in [0.3, 0.4) is 0 Å². The predicted octanol–water partition coefficient (Wildman–Crippen LogP) is 2.83. The first kappa shape index (κ1) is 21.2. The molecule has 1 aliphatic rings. The highest BCUT2D eigenvalue weighted by Crippen LogP contribution is 2.25. The molecular weight excluding hydrogens is 365 g/mol. The van der Waals surface area contributed by atoms with Gasteiger partial charge in [0.05, 0.1) is 11.3 Å². The van der Waals surface area contributed by atoms with Gasteiger partial charge >= 0.3 is 6.18 Å². The van der Waals surface area contributed by atoms with Crippen LogP contribution in [0.15, 0.2) is 29.2 Å². The van der Waals surface area contributed by atoms with Crippen LogP contribution in [-0.4, -0.2) is 45.6 Å². The van der Waals surface area contributed by atoms with E-state index in [1.807, 2.05) is 7.05 Å². The Bertz CT molecular complexity index is 613. The van der Waals surface area contributed by atoms with Crippen LogP contribution in [0.2, 0.25) is 0 Å². The number of nitrogens with zero attached hydrogens (tertiary/aromatic N) is 1. The smallest absolute Gasteiger partial charge is 0.319 e. The second-order valence-electron chi connectivity index (χ2n) is 5.84. The fourth-order valence-electron chi connectivity index (χ4n) is 2.80. The molecule has 0 amide bonds. The Kier molecular flexibility index (Phi) is 7.52. The van der Waals surface area contributed by atoms with Gasteiger partial charge in [-0.3, -0.25) is 0 Å². The molecule has 0 bridgehead atoms. The van der Waals surface area contributed by atoms with Gasteiger partial charge in [0, 0.05) is 13.1 Å². The van der Waals surface area contributed by atoms with Gasteiger partial charge in [-0.2, -0.15) is 17.5 Å². The molecule has 1 aromatic carbocycles. The molecule has 0 aromatic heterocycles. The number of sulfonamides is 1. The largest absolute Gasteiger partial charge is 0.393 e. The molecule has 1 N–H and O–H groups in total. The van der Waals surface area contributed by atoms with E-state index in [1.54, 1.807) is 0 Å². The quantitative estimate of drug-likeness (QED) is 0.846. The lowest BCUT2D eigenvalue weighted by atomic mass is 9.98. The van der Waals surface area contributed by atoms with Gasteiger partial charge in [0.15, 0.2) is 0 Å². The molecule has 1 aliphatic heterocycles. The van der Waals surface area contributed by atoms with E-state index in [-0.39, 0.29) is 22.9 Å². The van der Waals surface area contributed by atoms with Gasteiger partial charge in [-0.1, -0.05) is 12.1 Å². The molecule has 0 unspecified atom stereocenters. The van der Waals surface area contributed by atoms with E-state index < -0.39 is 22.6 Å². The number of benzene rings is 1. The lowest BCUT2D eigenvalue weighted by Crippen LogP contribution is -2.40. The average molecular weight is 387 g/mol. The summed E-state index contributed by atoms with van der Waals surface area (Å²) in [5.41, 5.74) is 0.0594. The Hall–Kier alpha value is -0.830. The third-order valence-electron chi connectivity index (χ3n) is 4.03. The molecule has 1 saturated heterocycles. The summed E-state index contributed by atoms with van der Waals surface area (Å²) >= 11 is 0. The van der Waals surface area contributed by atoms with Crippen LogP contribution < -0.4 is 5.32 Å². The number of rotatable bonds is 5. The van der Waals surface area contributed by atoms with Crippen molar-refractivity contribution in [3.63, 3.8) is 0 Å². The molecule has 0 saturated carbocycles. The van der Waals surface area contributed by atoms with Gasteiger partial charge in [0.1, 0.15) is 0 Å². The standard InChI is InChI=1S/C15H21F3N2O2S.ClH/c1-19-11-13-6-8-20(9-7-13)23(21,22)14-4-2-12(3-5-14)10-15(16,17)18;/h2-5,13,19H,6-11H2,1H3;1H. The zero-order valence-electron chi connectivity index (χ0n) is 13.3. The number of nitrogens with one attached hydrogen (secondary N) is 1. The summed E-state index contributed by atoms with van der Waals surface area (Å²) in [7, 11) is -1.76. The summed E-state index contributed by atoms with van der Waals surface area (Å²) in [6.45, 7) is 1.75. The Labute approximate surface area is 146 Å². The highest BCUT2D eigenvalue weighted by atomic mass is 35.5. The second kappa shape index (κ2) is 8.51. The van der Waals surface area contributed by atoms with Crippen LogP contribution in [0.5, 0.6) is 0 Å². The first-order valence-corrected chi connectivity index (χ1v) is 8.97. The van der Waals surface area contributed by atoms with Crippen LogP contribution in [0.4, 0.5) is 13.2 Å². The van der Waals surface area contributed by atoms with Crippen molar-refractivity contribution in [1.29, 1.82) is 0 Å². The van der Waals surface area contributed by atoms with Crippen molar-refractivity contribution in [2.45, 2.75) is 30.3 Å². The third kappa shape index (κ3) is 5.61. The molecule has 9 heteroatoms. The van der Waals surface area contributed by atoms with Crippen LogP contribution >= 0.6 is 12.4 Å². The Morgan fingerprint density at radius 3 is 2.17 bits per heavy atom. The summed E-state index contributed by atoms with van der Waals surface area (Å²) in [6, 6.07) is 4.98. The number of piperidine rings is 1. The molecule has 2 rings (SSSR count). The van der Waals surface area contributed by atoms with Crippen molar-refractivity contribution < 1.29 is 21.6 Å². The zero-order valence-corrected chi connectivity index (χ0v) is 15.0.